The van der Waals surface area contributed by atoms with Crippen LogP contribution >= 0.6 is 11.6 Å². The molecule has 4 aliphatic rings. The Bertz CT molecular complexity index is 785. The standard InChI is InChI=1S/C19H21ClN2O4/c20-15-11(17(24)25)1-2-14(21-15)22-9-3-12(16(22)23)26-10-4-13-18(5-6-18)19(13)7-8-19/h1-2,12-13H,3-10H2,(H,24,25). The number of hydrogen-bond donors (Lipinski definition) is 1. The summed E-state index contributed by atoms with van der Waals surface area (Å²) in [4.78, 5) is 29.2. The van der Waals surface area contributed by atoms with Crippen LogP contribution in [0.15, 0.2) is 12.1 Å². The van der Waals surface area contributed by atoms with Crippen molar-refractivity contribution in [3.63, 3.8) is 0 Å². The van der Waals surface area contributed by atoms with Gasteiger partial charge in [-0.05, 0) is 61.0 Å². The number of carboxylic acids is 1. The summed E-state index contributed by atoms with van der Waals surface area (Å²) >= 11 is 5.92. The van der Waals surface area contributed by atoms with Crippen LogP contribution in [0.4, 0.5) is 5.82 Å². The topological polar surface area (TPSA) is 79.7 Å². The van der Waals surface area contributed by atoms with Gasteiger partial charge in [-0.1, -0.05) is 11.6 Å². The smallest absolute Gasteiger partial charge is 0.338 e. The molecule has 0 aromatic carbocycles. The average molecular weight is 377 g/mol. The molecule has 3 aliphatic carbocycles. The summed E-state index contributed by atoms with van der Waals surface area (Å²) in [7, 11) is 0. The molecule has 138 valence electrons. The van der Waals surface area contributed by atoms with E-state index >= 15 is 0 Å². The number of aromatic carboxylic acids is 1. The van der Waals surface area contributed by atoms with Gasteiger partial charge in [0.2, 0.25) is 0 Å². The zero-order valence-corrected chi connectivity index (χ0v) is 15.2. The number of anilines is 1. The van der Waals surface area contributed by atoms with Crippen molar-refractivity contribution in [3.05, 3.63) is 22.8 Å². The Morgan fingerprint density at radius 2 is 2.00 bits per heavy atom. The zero-order valence-electron chi connectivity index (χ0n) is 14.4. The van der Waals surface area contributed by atoms with E-state index in [0.717, 1.165) is 12.3 Å². The van der Waals surface area contributed by atoms with E-state index in [0.29, 0.717) is 36.2 Å². The lowest BCUT2D eigenvalue weighted by Crippen LogP contribution is -2.31. The van der Waals surface area contributed by atoms with Crippen LogP contribution in [0.5, 0.6) is 0 Å². The van der Waals surface area contributed by atoms with Crippen molar-refractivity contribution in [1.82, 2.24) is 4.98 Å². The number of amides is 1. The van der Waals surface area contributed by atoms with Crippen LogP contribution in [0.1, 0.15) is 48.9 Å². The second kappa shape index (κ2) is 5.42. The molecule has 4 fully saturated rings. The SMILES string of the molecule is O=C(O)c1ccc(N2CCC(OCCC3C4(CC4)C34CC4)C2=O)nc1Cl. The van der Waals surface area contributed by atoms with Gasteiger partial charge in [0.25, 0.3) is 5.91 Å². The van der Waals surface area contributed by atoms with E-state index in [9.17, 15) is 9.59 Å². The maximum atomic E-state index is 12.6. The minimum Gasteiger partial charge on any atom is -0.478 e. The molecule has 0 bridgehead atoms. The number of hydrogen-bond acceptors (Lipinski definition) is 4. The molecular formula is C19H21ClN2O4. The van der Waals surface area contributed by atoms with E-state index in [4.69, 9.17) is 21.4 Å². The second-order valence-corrected chi connectivity index (χ2v) is 8.46. The third-order valence-corrected chi connectivity index (χ3v) is 7.33. The Morgan fingerprint density at radius 3 is 2.58 bits per heavy atom. The number of carboxylic acid groups (broad SMARTS) is 1. The van der Waals surface area contributed by atoms with Gasteiger partial charge in [0, 0.05) is 19.6 Å². The van der Waals surface area contributed by atoms with Crippen molar-refractivity contribution in [3.8, 4) is 0 Å². The molecule has 7 heteroatoms. The molecule has 3 saturated carbocycles. The summed E-state index contributed by atoms with van der Waals surface area (Å²) in [5, 5.41) is 8.91. The van der Waals surface area contributed by atoms with Crippen molar-refractivity contribution >= 4 is 29.3 Å². The second-order valence-electron chi connectivity index (χ2n) is 8.10. The van der Waals surface area contributed by atoms with Crippen LogP contribution in [0.2, 0.25) is 5.15 Å². The molecule has 1 N–H and O–H groups in total. The van der Waals surface area contributed by atoms with E-state index in [1.807, 2.05) is 0 Å². The highest BCUT2D eigenvalue weighted by Gasteiger charge is 2.85. The van der Waals surface area contributed by atoms with Crippen LogP contribution in [0.3, 0.4) is 0 Å². The van der Waals surface area contributed by atoms with Gasteiger partial charge < -0.3 is 9.84 Å². The number of fused-ring (bicyclic) bond motifs is 1. The minimum absolute atomic E-state index is 0.0673. The molecule has 1 amide bonds. The first-order chi connectivity index (χ1) is 12.5. The fourth-order valence-corrected chi connectivity index (χ4v) is 5.68. The van der Waals surface area contributed by atoms with E-state index in [2.05, 4.69) is 4.98 Å². The van der Waals surface area contributed by atoms with Crippen LogP contribution < -0.4 is 4.90 Å². The number of carbonyl (C=O) groups excluding carboxylic acids is 1. The normalized spacial score (nSPS) is 27.3. The van der Waals surface area contributed by atoms with Crippen molar-refractivity contribution in [2.75, 3.05) is 18.1 Å². The molecule has 2 spiro atoms. The lowest BCUT2D eigenvalue weighted by molar-refractivity contribution is -0.127. The van der Waals surface area contributed by atoms with Gasteiger partial charge in [-0.3, -0.25) is 9.69 Å². The quantitative estimate of drug-likeness (QED) is 0.771. The molecule has 6 nitrogen and oxygen atoms in total. The first kappa shape index (κ1) is 16.5. The van der Waals surface area contributed by atoms with Gasteiger partial charge in [0.1, 0.15) is 17.1 Å². The molecule has 5 rings (SSSR count). The predicted octanol–water partition coefficient (Wildman–Crippen LogP) is 3.14. The van der Waals surface area contributed by atoms with Crippen LogP contribution in [0.25, 0.3) is 0 Å². The summed E-state index contributed by atoms with van der Waals surface area (Å²) in [5.41, 5.74) is 1.28. The third kappa shape index (κ3) is 2.24. The van der Waals surface area contributed by atoms with Gasteiger partial charge in [-0.2, -0.15) is 0 Å². The van der Waals surface area contributed by atoms with Crippen molar-refractivity contribution in [2.24, 2.45) is 16.7 Å². The van der Waals surface area contributed by atoms with Crippen molar-refractivity contribution < 1.29 is 19.4 Å². The highest BCUT2D eigenvalue weighted by molar-refractivity contribution is 6.32. The molecule has 1 aromatic rings. The maximum Gasteiger partial charge on any atom is 0.338 e. The number of carbonyl (C=O) groups is 2. The van der Waals surface area contributed by atoms with Gasteiger partial charge >= 0.3 is 5.97 Å². The largest absolute Gasteiger partial charge is 0.478 e. The number of pyridine rings is 1. The Kier molecular flexibility index (Phi) is 3.44. The molecule has 26 heavy (non-hydrogen) atoms. The maximum absolute atomic E-state index is 12.6. The Balaban J connectivity index is 1.18. The fourth-order valence-electron chi connectivity index (χ4n) is 5.45. The van der Waals surface area contributed by atoms with E-state index in [1.165, 1.54) is 42.7 Å². The van der Waals surface area contributed by atoms with E-state index in [1.54, 1.807) is 0 Å². The van der Waals surface area contributed by atoms with Gasteiger partial charge in [0.05, 0.1) is 5.56 Å². The van der Waals surface area contributed by atoms with Crippen LogP contribution in [-0.4, -0.2) is 41.2 Å². The Labute approximate surface area is 156 Å². The summed E-state index contributed by atoms with van der Waals surface area (Å²) in [6.07, 6.45) is 6.85. The van der Waals surface area contributed by atoms with Gasteiger partial charge in [0.15, 0.2) is 0 Å². The van der Waals surface area contributed by atoms with E-state index < -0.39 is 12.1 Å². The molecule has 1 aliphatic heterocycles. The molecule has 0 radical (unpaired) electrons. The van der Waals surface area contributed by atoms with Crippen LogP contribution in [-0.2, 0) is 9.53 Å². The summed E-state index contributed by atoms with van der Waals surface area (Å²) in [5.74, 6) is -0.0431. The molecule has 1 aromatic heterocycles. The van der Waals surface area contributed by atoms with Gasteiger partial charge in [-0.25, -0.2) is 9.78 Å². The van der Waals surface area contributed by atoms with Crippen LogP contribution in [0, 0.1) is 16.7 Å². The first-order valence-corrected chi connectivity index (χ1v) is 9.69. The van der Waals surface area contributed by atoms with Crippen molar-refractivity contribution in [2.45, 2.75) is 44.6 Å². The minimum atomic E-state index is -1.13. The Morgan fingerprint density at radius 1 is 1.31 bits per heavy atom. The number of ether oxygens (including phenoxy) is 1. The number of halogens is 1. The highest BCUT2D eigenvalue weighted by Crippen LogP contribution is 2.93. The lowest BCUT2D eigenvalue weighted by Gasteiger charge is -2.16. The van der Waals surface area contributed by atoms with Gasteiger partial charge in [-0.15, -0.1) is 0 Å². The summed E-state index contributed by atoms with van der Waals surface area (Å²) < 4.78 is 5.91. The molecule has 2 heterocycles. The third-order valence-electron chi connectivity index (χ3n) is 7.04. The molecule has 1 atom stereocenters. The highest BCUT2D eigenvalue weighted by atomic mass is 35.5. The lowest BCUT2D eigenvalue weighted by atomic mass is 10.2. The number of rotatable bonds is 6. The monoisotopic (exact) mass is 376 g/mol. The average Bonchev–Trinajstić information content (AvgIpc) is 3.53. The van der Waals surface area contributed by atoms with Crippen molar-refractivity contribution in [1.29, 1.82) is 0 Å². The predicted molar refractivity (Wildman–Crippen MR) is 94.4 cm³/mol. The molecule has 1 saturated heterocycles. The zero-order chi connectivity index (χ0) is 18.1. The Hall–Kier alpha value is -1.66. The number of nitrogens with zero attached hydrogens (tertiary/aromatic N) is 2. The number of aromatic nitrogens is 1. The summed E-state index contributed by atoms with van der Waals surface area (Å²) in [6.45, 7) is 1.15. The molecule has 1 unspecified atom stereocenters. The first-order valence-electron chi connectivity index (χ1n) is 9.31. The van der Waals surface area contributed by atoms with E-state index in [-0.39, 0.29) is 16.6 Å². The molecular weight excluding hydrogens is 356 g/mol. The fraction of sp³-hybridized carbons (Fsp3) is 0.632. The summed E-state index contributed by atoms with van der Waals surface area (Å²) in [6, 6.07) is 2.90.